The van der Waals surface area contributed by atoms with Gasteiger partial charge in [-0.15, -0.1) is 0 Å². The lowest BCUT2D eigenvalue weighted by atomic mass is 9.42. The first kappa shape index (κ1) is 42.9. The van der Waals surface area contributed by atoms with Crippen molar-refractivity contribution in [3.05, 3.63) is 11.6 Å². The maximum atomic E-state index is 12.6. The Balaban J connectivity index is 0.823. The molecule has 15 heteroatoms. The number of rotatable bonds is 9. The van der Waals surface area contributed by atoms with E-state index in [2.05, 4.69) is 6.92 Å². The number of hydrogen-bond acceptors (Lipinski definition) is 14. The van der Waals surface area contributed by atoms with Crippen LogP contribution in [0.1, 0.15) is 105 Å². The van der Waals surface area contributed by atoms with Crippen LogP contribution >= 0.6 is 0 Å². The molecule has 8 rings (SSSR count). The van der Waals surface area contributed by atoms with E-state index in [1.165, 1.54) is 0 Å². The third-order valence-corrected chi connectivity index (χ3v) is 16.2. The highest BCUT2D eigenvalue weighted by molar-refractivity contribution is 5.85. The molecular formula is C43H67NO14. The number of aliphatic hydroxyl groups is 4. The topological polar surface area (TPSA) is 203 Å². The Morgan fingerprint density at radius 3 is 2.14 bits per heavy atom. The van der Waals surface area contributed by atoms with Crippen molar-refractivity contribution in [1.29, 1.82) is 0 Å². The predicted molar refractivity (Wildman–Crippen MR) is 205 cm³/mol. The summed E-state index contributed by atoms with van der Waals surface area (Å²) in [4.78, 5) is 25.0. The molecule has 7 fully saturated rings. The zero-order chi connectivity index (χ0) is 41.3. The van der Waals surface area contributed by atoms with Gasteiger partial charge in [-0.3, -0.25) is 9.69 Å². The van der Waals surface area contributed by atoms with Crippen LogP contribution in [0.15, 0.2) is 11.6 Å². The van der Waals surface area contributed by atoms with Gasteiger partial charge in [-0.25, -0.2) is 4.79 Å². The van der Waals surface area contributed by atoms with Crippen molar-refractivity contribution in [3.63, 3.8) is 0 Å². The van der Waals surface area contributed by atoms with Gasteiger partial charge in [0.1, 0.15) is 18.8 Å². The first-order valence-electron chi connectivity index (χ1n) is 22.0. The second kappa shape index (κ2) is 16.5. The van der Waals surface area contributed by atoms with E-state index in [9.17, 15) is 35.1 Å². The van der Waals surface area contributed by atoms with E-state index >= 15 is 0 Å². The molecule has 0 aromatic heterocycles. The first-order valence-corrected chi connectivity index (χ1v) is 22.0. The molecule has 3 saturated heterocycles. The number of ether oxygens (including phenoxy) is 7. The van der Waals surface area contributed by atoms with E-state index in [4.69, 9.17) is 33.2 Å². The predicted octanol–water partition coefficient (Wildman–Crippen LogP) is 2.88. The van der Waals surface area contributed by atoms with Gasteiger partial charge in [0, 0.05) is 43.8 Å². The third kappa shape index (κ3) is 7.82. The third-order valence-electron chi connectivity index (χ3n) is 16.2. The van der Waals surface area contributed by atoms with Crippen molar-refractivity contribution in [2.24, 2.45) is 34.5 Å². The summed E-state index contributed by atoms with van der Waals surface area (Å²) in [6.07, 6.45) is 1.62. The average Bonchev–Trinajstić information content (AvgIpc) is 3.64. The highest BCUT2D eigenvalue weighted by Crippen LogP contribution is 2.70. The van der Waals surface area contributed by atoms with Gasteiger partial charge in [0.2, 0.25) is 0 Å². The van der Waals surface area contributed by atoms with Crippen molar-refractivity contribution in [3.8, 4) is 0 Å². The second-order valence-electron chi connectivity index (χ2n) is 19.5. The summed E-state index contributed by atoms with van der Waals surface area (Å²) in [6, 6.07) is 0. The number of aliphatic hydroxyl groups excluding tert-OH is 3. The fourth-order valence-corrected chi connectivity index (χ4v) is 13.2. The molecule has 328 valence electrons. The van der Waals surface area contributed by atoms with Gasteiger partial charge in [-0.1, -0.05) is 13.8 Å². The molecule has 15 nitrogen and oxygen atoms in total. The summed E-state index contributed by atoms with van der Waals surface area (Å²) in [5.41, 5.74) is -0.896. The van der Waals surface area contributed by atoms with Crippen LogP contribution in [-0.2, 0) is 42.7 Å². The van der Waals surface area contributed by atoms with Gasteiger partial charge in [0.05, 0.1) is 54.9 Å². The lowest BCUT2D eigenvalue weighted by Crippen LogP contribution is -2.67. The van der Waals surface area contributed by atoms with Crippen molar-refractivity contribution in [1.82, 2.24) is 4.90 Å². The van der Waals surface area contributed by atoms with Gasteiger partial charge < -0.3 is 58.7 Å². The maximum Gasteiger partial charge on any atom is 0.331 e. The fourth-order valence-electron chi connectivity index (χ4n) is 13.2. The van der Waals surface area contributed by atoms with Crippen LogP contribution in [0, 0.1) is 34.5 Å². The Morgan fingerprint density at radius 2 is 1.50 bits per heavy atom. The number of carbonyl (C=O) groups is 2. The fraction of sp³-hybridized carbons (Fsp3) is 0.907. The van der Waals surface area contributed by atoms with Crippen molar-refractivity contribution >= 4 is 11.9 Å². The Labute approximate surface area is 341 Å². The molecule has 0 aromatic carbocycles. The SMILES string of the molecule is CC1CN(CC(=O)O)CCC(O[C@@H]2[C@H](C)O[C@@H](O[C@@H]3[C@H](C)O[C@@H](O[C@H]4CC[C@@]5(C)C(CCC6C5C[C@H](O)[C@]5(C)[C@@H](C7=CC(=O)OC7)CC[C@]65O)C4)C[C@@H]3O)C[C@@H]2O)O1. The molecule has 5 N–H and O–H groups in total. The number of hydrogen-bond donors (Lipinski definition) is 5. The molecule has 8 aliphatic rings. The smallest absolute Gasteiger partial charge is 0.331 e. The summed E-state index contributed by atoms with van der Waals surface area (Å²) < 4.78 is 42.8. The number of nitrogens with zero attached hydrogens (tertiary/aromatic N) is 1. The number of esters is 1. The zero-order valence-corrected chi connectivity index (χ0v) is 34.8. The van der Waals surface area contributed by atoms with Gasteiger partial charge in [-0.2, -0.15) is 0 Å². The quantitative estimate of drug-likeness (QED) is 0.168. The largest absolute Gasteiger partial charge is 0.480 e. The molecule has 4 aliphatic heterocycles. The number of fused-ring (bicyclic) bond motifs is 5. The van der Waals surface area contributed by atoms with Crippen molar-refractivity contribution in [2.45, 2.75) is 185 Å². The van der Waals surface area contributed by atoms with Crippen LogP contribution < -0.4 is 0 Å². The molecule has 0 radical (unpaired) electrons. The van der Waals surface area contributed by atoms with Crippen LogP contribution in [0.25, 0.3) is 0 Å². The molecule has 4 heterocycles. The number of carboxylic acid groups (broad SMARTS) is 1. The van der Waals surface area contributed by atoms with Gasteiger partial charge in [0.25, 0.3) is 0 Å². The summed E-state index contributed by atoms with van der Waals surface area (Å²) in [6.45, 7) is 11.1. The molecule has 4 aliphatic carbocycles. The lowest BCUT2D eigenvalue weighted by Gasteiger charge is -2.65. The molecule has 5 unspecified atom stereocenters. The van der Waals surface area contributed by atoms with Gasteiger partial charge >= 0.3 is 11.9 Å². The second-order valence-corrected chi connectivity index (χ2v) is 19.5. The van der Waals surface area contributed by atoms with E-state index in [0.717, 1.165) is 44.1 Å². The standard InChI is InChI=1S/C43H67NO14/c1-22-19-44(20-34(48)49)13-10-36(53-22)57-39-23(2)55-38(18-32(39)46)58-40-24(3)54-37(17-31(40)45)56-27-8-11-41(4)26(15-27)6-7-29-30(41)16-33(47)42(5)28(9-12-43(29,42)51)25-14-35(50)52-21-25/h14,22-24,26-33,36-40,45-47,51H,6-13,15-21H2,1-5H3,(H,48,49)/t22?,23-,24-,26?,27-,28+,29?,30?,31-,32-,33-,36?,37-,38-,39+,40+,41-,42-,43-/m0/s1. The van der Waals surface area contributed by atoms with E-state index < -0.39 is 78.6 Å². The van der Waals surface area contributed by atoms with Crippen molar-refractivity contribution in [2.75, 3.05) is 26.2 Å². The maximum absolute atomic E-state index is 12.6. The Hall–Kier alpha value is -1.76. The summed E-state index contributed by atoms with van der Waals surface area (Å²) in [7, 11) is 0. The minimum atomic E-state index is -1.01. The lowest BCUT2D eigenvalue weighted by molar-refractivity contribution is -0.329. The molecule has 0 bridgehead atoms. The van der Waals surface area contributed by atoms with E-state index in [1.54, 1.807) is 13.0 Å². The van der Waals surface area contributed by atoms with Crippen LogP contribution in [0.2, 0.25) is 0 Å². The van der Waals surface area contributed by atoms with Crippen LogP contribution in [0.5, 0.6) is 0 Å². The Morgan fingerprint density at radius 1 is 0.828 bits per heavy atom. The van der Waals surface area contributed by atoms with E-state index in [-0.39, 0.29) is 67.3 Å². The molecule has 19 atom stereocenters. The summed E-state index contributed by atoms with van der Waals surface area (Å²) >= 11 is 0. The van der Waals surface area contributed by atoms with Crippen LogP contribution in [0.4, 0.5) is 0 Å². The summed E-state index contributed by atoms with van der Waals surface area (Å²) in [5.74, 6) is -0.694. The average molecular weight is 822 g/mol. The zero-order valence-electron chi connectivity index (χ0n) is 34.8. The van der Waals surface area contributed by atoms with Gasteiger partial charge in [-0.05, 0) is 107 Å². The Kier molecular flexibility index (Phi) is 12.2. The molecule has 58 heavy (non-hydrogen) atoms. The molecule has 0 aromatic rings. The normalized spacial score (nSPS) is 51.2. The molecule has 4 saturated carbocycles. The van der Waals surface area contributed by atoms with E-state index in [0.29, 0.717) is 38.3 Å². The minimum Gasteiger partial charge on any atom is -0.480 e. The van der Waals surface area contributed by atoms with Gasteiger partial charge in [0.15, 0.2) is 18.9 Å². The minimum absolute atomic E-state index is 0.0451. The van der Waals surface area contributed by atoms with Crippen molar-refractivity contribution < 1.29 is 68.3 Å². The number of cyclic esters (lactones) is 1. The number of carbonyl (C=O) groups excluding carboxylic acids is 1. The Bertz CT molecular complexity index is 1520. The number of aliphatic carboxylic acids is 1. The first-order chi connectivity index (χ1) is 27.5. The molecule has 0 spiro atoms. The molecular weight excluding hydrogens is 754 g/mol. The summed E-state index contributed by atoms with van der Waals surface area (Å²) in [5, 5.41) is 56.2. The highest BCUT2D eigenvalue weighted by Gasteiger charge is 2.71. The highest BCUT2D eigenvalue weighted by atomic mass is 16.7. The van der Waals surface area contributed by atoms with Crippen LogP contribution in [-0.4, -0.2) is 148 Å². The van der Waals surface area contributed by atoms with E-state index in [1.807, 2.05) is 25.7 Å². The van der Waals surface area contributed by atoms with Crippen LogP contribution in [0.3, 0.4) is 0 Å². The molecule has 0 amide bonds. The number of carboxylic acids is 1. The monoisotopic (exact) mass is 821 g/mol.